The second kappa shape index (κ2) is 6.54. The van der Waals surface area contributed by atoms with Crippen molar-refractivity contribution < 1.29 is 14.4 Å². The van der Waals surface area contributed by atoms with Crippen LogP contribution in [0.25, 0.3) is 0 Å². The summed E-state index contributed by atoms with van der Waals surface area (Å²) in [4.78, 5) is 15.2. The number of carbonyl (C=O) groups is 1. The number of quaternary nitrogens is 1. The monoisotopic (exact) mass is 264 g/mol. The molecular formula is C14H22N3O2+. The van der Waals surface area contributed by atoms with Crippen LogP contribution >= 0.6 is 0 Å². The predicted octanol–water partition coefficient (Wildman–Crippen LogP) is -0.394. The van der Waals surface area contributed by atoms with Gasteiger partial charge in [-0.05, 0) is 24.3 Å². The van der Waals surface area contributed by atoms with Gasteiger partial charge in [-0.1, -0.05) is 0 Å². The van der Waals surface area contributed by atoms with Gasteiger partial charge in [0.25, 0.3) is 5.91 Å². The molecule has 0 aliphatic carbocycles. The molecule has 1 amide bonds. The van der Waals surface area contributed by atoms with Gasteiger partial charge in [0.1, 0.15) is 13.1 Å². The first-order valence-electron chi connectivity index (χ1n) is 6.64. The van der Waals surface area contributed by atoms with Crippen molar-refractivity contribution >= 4 is 17.3 Å². The van der Waals surface area contributed by atoms with Crippen molar-refractivity contribution in [3.05, 3.63) is 24.3 Å². The number of amides is 1. The van der Waals surface area contributed by atoms with Gasteiger partial charge in [0.2, 0.25) is 0 Å². The molecule has 1 aliphatic heterocycles. The molecule has 2 rings (SSSR count). The van der Waals surface area contributed by atoms with Gasteiger partial charge >= 0.3 is 0 Å². The molecule has 2 N–H and O–H groups in total. The van der Waals surface area contributed by atoms with Crippen molar-refractivity contribution in [2.75, 3.05) is 57.2 Å². The third-order valence-electron chi connectivity index (χ3n) is 3.28. The molecule has 5 nitrogen and oxygen atoms in total. The molecule has 0 unspecified atom stereocenters. The fraction of sp³-hybridized carbons (Fsp3) is 0.500. The molecule has 0 atom stereocenters. The number of benzene rings is 1. The molecule has 1 saturated heterocycles. The molecule has 0 saturated carbocycles. The van der Waals surface area contributed by atoms with Crippen LogP contribution in [0.2, 0.25) is 0 Å². The summed E-state index contributed by atoms with van der Waals surface area (Å²) in [5, 5.41) is 2.94. The Morgan fingerprint density at radius 2 is 1.89 bits per heavy atom. The second-order valence-corrected chi connectivity index (χ2v) is 5.03. The highest BCUT2D eigenvalue weighted by Crippen LogP contribution is 2.15. The summed E-state index contributed by atoms with van der Waals surface area (Å²) < 4.78 is 5.28. The second-order valence-electron chi connectivity index (χ2n) is 5.03. The summed E-state index contributed by atoms with van der Waals surface area (Å²) in [5.74, 6) is 0.0644. The number of nitrogens with one attached hydrogen (secondary N) is 2. The lowest BCUT2D eigenvalue weighted by atomic mass is 10.2. The molecule has 19 heavy (non-hydrogen) atoms. The number of morpholine rings is 1. The average Bonchev–Trinajstić information content (AvgIpc) is 2.40. The molecule has 1 aromatic carbocycles. The van der Waals surface area contributed by atoms with Crippen LogP contribution < -0.4 is 15.1 Å². The van der Waals surface area contributed by atoms with Crippen LogP contribution in [0.3, 0.4) is 0 Å². The standard InChI is InChI=1S/C14H21N3O2/c1-16(2)13-5-3-12(4-6-13)15-14(18)11-17-7-9-19-10-8-17/h3-6H,7-11H2,1-2H3,(H,15,18)/p+1. The van der Waals surface area contributed by atoms with E-state index >= 15 is 0 Å². The van der Waals surface area contributed by atoms with Gasteiger partial charge in [0, 0.05) is 25.5 Å². The van der Waals surface area contributed by atoms with E-state index in [0.29, 0.717) is 6.54 Å². The van der Waals surface area contributed by atoms with Gasteiger partial charge in [0.05, 0.1) is 13.2 Å². The summed E-state index contributed by atoms with van der Waals surface area (Å²) in [6.45, 7) is 3.83. The van der Waals surface area contributed by atoms with E-state index in [1.165, 1.54) is 4.90 Å². The fourth-order valence-corrected chi connectivity index (χ4v) is 2.11. The zero-order chi connectivity index (χ0) is 13.7. The summed E-state index contributed by atoms with van der Waals surface area (Å²) in [5.41, 5.74) is 1.97. The zero-order valence-corrected chi connectivity index (χ0v) is 11.6. The van der Waals surface area contributed by atoms with E-state index in [2.05, 4.69) is 5.32 Å². The fourth-order valence-electron chi connectivity index (χ4n) is 2.11. The summed E-state index contributed by atoms with van der Waals surface area (Å²) in [6.07, 6.45) is 0. The number of anilines is 2. The van der Waals surface area contributed by atoms with E-state index in [9.17, 15) is 4.79 Å². The van der Waals surface area contributed by atoms with E-state index < -0.39 is 0 Å². The number of carbonyl (C=O) groups excluding carboxylic acids is 1. The Morgan fingerprint density at radius 3 is 2.47 bits per heavy atom. The minimum Gasteiger partial charge on any atom is -0.378 e. The first kappa shape index (κ1) is 13.8. The molecule has 1 heterocycles. The number of hydrogen-bond acceptors (Lipinski definition) is 3. The van der Waals surface area contributed by atoms with Gasteiger partial charge in [0.15, 0.2) is 6.54 Å². The lowest BCUT2D eigenvalue weighted by Crippen LogP contribution is -3.15. The van der Waals surface area contributed by atoms with Gasteiger partial charge in [-0.25, -0.2) is 0 Å². The average molecular weight is 264 g/mol. The zero-order valence-electron chi connectivity index (χ0n) is 11.6. The summed E-state index contributed by atoms with van der Waals surface area (Å²) in [7, 11) is 3.99. The Labute approximate surface area is 114 Å². The number of rotatable bonds is 4. The number of ether oxygens (including phenoxy) is 1. The summed E-state index contributed by atoms with van der Waals surface area (Å²) >= 11 is 0. The Morgan fingerprint density at radius 1 is 1.26 bits per heavy atom. The molecule has 0 spiro atoms. The maximum Gasteiger partial charge on any atom is 0.279 e. The van der Waals surface area contributed by atoms with Crippen LogP contribution in [0.15, 0.2) is 24.3 Å². The highest BCUT2D eigenvalue weighted by atomic mass is 16.5. The van der Waals surface area contributed by atoms with Crippen LogP contribution in [0.5, 0.6) is 0 Å². The van der Waals surface area contributed by atoms with Crippen molar-refractivity contribution in [1.29, 1.82) is 0 Å². The molecule has 0 bridgehead atoms. The van der Waals surface area contributed by atoms with Gasteiger partial charge in [-0.3, -0.25) is 4.79 Å². The van der Waals surface area contributed by atoms with Crippen LogP contribution in [-0.4, -0.2) is 52.9 Å². The highest BCUT2D eigenvalue weighted by Gasteiger charge is 2.17. The van der Waals surface area contributed by atoms with Crippen molar-refractivity contribution in [3.8, 4) is 0 Å². The van der Waals surface area contributed by atoms with Gasteiger partial charge in [-0.2, -0.15) is 0 Å². The minimum absolute atomic E-state index is 0.0644. The molecule has 1 fully saturated rings. The van der Waals surface area contributed by atoms with E-state index in [4.69, 9.17) is 4.74 Å². The first-order chi connectivity index (χ1) is 9.15. The normalized spacial score (nSPS) is 16.1. The molecule has 1 aliphatic rings. The van der Waals surface area contributed by atoms with E-state index in [-0.39, 0.29) is 5.91 Å². The Kier molecular flexibility index (Phi) is 4.76. The molecule has 0 radical (unpaired) electrons. The SMILES string of the molecule is CN(C)c1ccc(NC(=O)C[NH+]2CCOCC2)cc1. The number of nitrogens with zero attached hydrogens (tertiary/aromatic N) is 1. The Balaban J connectivity index is 1.84. The van der Waals surface area contributed by atoms with Crippen molar-refractivity contribution in [3.63, 3.8) is 0 Å². The highest BCUT2D eigenvalue weighted by molar-refractivity contribution is 5.91. The molecule has 104 valence electrons. The van der Waals surface area contributed by atoms with Crippen LogP contribution in [0, 0.1) is 0 Å². The summed E-state index contributed by atoms with van der Waals surface area (Å²) in [6, 6.07) is 7.86. The van der Waals surface area contributed by atoms with E-state index in [1.807, 2.05) is 43.3 Å². The molecular weight excluding hydrogens is 242 g/mol. The quantitative estimate of drug-likeness (QED) is 0.778. The van der Waals surface area contributed by atoms with Gasteiger partial charge < -0.3 is 19.9 Å². The third kappa shape index (κ3) is 4.22. The topological polar surface area (TPSA) is 46.0 Å². The lowest BCUT2D eigenvalue weighted by molar-refractivity contribution is -0.899. The van der Waals surface area contributed by atoms with Crippen molar-refractivity contribution in [1.82, 2.24) is 0 Å². The largest absolute Gasteiger partial charge is 0.378 e. The van der Waals surface area contributed by atoms with Crippen LogP contribution in [0.4, 0.5) is 11.4 Å². The van der Waals surface area contributed by atoms with Crippen LogP contribution in [0.1, 0.15) is 0 Å². The van der Waals surface area contributed by atoms with Crippen LogP contribution in [-0.2, 0) is 9.53 Å². The maximum atomic E-state index is 11.9. The molecule has 1 aromatic rings. The lowest BCUT2D eigenvalue weighted by Gasteiger charge is -2.23. The molecule has 5 heteroatoms. The van der Waals surface area contributed by atoms with Crippen molar-refractivity contribution in [2.45, 2.75) is 0 Å². The Hall–Kier alpha value is -1.59. The van der Waals surface area contributed by atoms with E-state index in [0.717, 1.165) is 37.7 Å². The van der Waals surface area contributed by atoms with E-state index in [1.54, 1.807) is 0 Å². The smallest absolute Gasteiger partial charge is 0.279 e. The van der Waals surface area contributed by atoms with Crippen molar-refractivity contribution in [2.24, 2.45) is 0 Å². The predicted molar refractivity (Wildman–Crippen MR) is 75.8 cm³/mol. The third-order valence-corrected chi connectivity index (χ3v) is 3.28. The first-order valence-corrected chi connectivity index (χ1v) is 6.64. The number of hydrogen-bond donors (Lipinski definition) is 2. The van der Waals surface area contributed by atoms with Gasteiger partial charge in [-0.15, -0.1) is 0 Å². The maximum absolute atomic E-state index is 11.9. The Bertz CT molecular complexity index is 411. The minimum atomic E-state index is 0.0644. The molecule has 0 aromatic heterocycles.